The van der Waals surface area contributed by atoms with Crippen LogP contribution in [0.2, 0.25) is 0 Å². The molecule has 0 saturated carbocycles. The maximum atomic E-state index is 11.7. The Bertz CT molecular complexity index is 654. The molecule has 102 valence electrons. The third kappa shape index (κ3) is 2.96. The monoisotopic (exact) mass is 264 g/mol. The van der Waals surface area contributed by atoms with E-state index in [9.17, 15) is 9.59 Å². The fourth-order valence-electron chi connectivity index (χ4n) is 1.97. The Morgan fingerprint density at radius 1 is 1.42 bits per heavy atom. The summed E-state index contributed by atoms with van der Waals surface area (Å²) in [7, 11) is 0. The van der Waals surface area contributed by atoms with Gasteiger partial charge < -0.3 is 14.8 Å². The minimum atomic E-state index is -1.07. The van der Waals surface area contributed by atoms with Gasteiger partial charge >= 0.3 is 11.8 Å². The summed E-state index contributed by atoms with van der Waals surface area (Å²) in [6, 6.07) is 7.16. The van der Waals surface area contributed by atoms with Crippen LogP contribution in [0.4, 0.5) is 4.79 Å². The number of fused-ring (bicyclic) bond motifs is 1. The van der Waals surface area contributed by atoms with E-state index in [1.807, 2.05) is 6.07 Å². The predicted octanol–water partition coefficient (Wildman–Crippen LogP) is 2.03. The first-order valence-electron chi connectivity index (χ1n) is 5.98. The average molecular weight is 264 g/mol. The van der Waals surface area contributed by atoms with E-state index >= 15 is 0 Å². The Kier molecular flexibility index (Phi) is 3.33. The highest BCUT2D eigenvalue weighted by Gasteiger charge is 2.21. The third-order valence-corrected chi connectivity index (χ3v) is 2.98. The van der Waals surface area contributed by atoms with Crippen LogP contribution in [-0.2, 0) is 6.54 Å². The molecule has 0 saturated heterocycles. The zero-order valence-electron chi connectivity index (χ0n) is 10.8. The Morgan fingerprint density at radius 3 is 2.79 bits per heavy atom. The Balaban J connectivity index is 2.20. The second kappa shape index (κ2) is 4.79. The normalized spacial score (nSPS) is 11.7. The van der Waals surface area contributed by atoms with Crippen molar-refractivity contribution in [2.75, 3.05) is 0 Å². The molecule has 6 heteroatoms. The lowest BCUT2D eigenvalue weighted by atomic mass is 10.0. The van der Waals surface area contributed by atoms with Crippen molar-refractivity contribution >= 4 is 17.2 Å². The molecule has 1 aromatic carbocycles. The number of nitrogens with one attached hydrogen (secondary N) is 1. The van der Waals surface area contributed by atoms with Crippen molar-refractivity contribution in [3.05, 3.63) is 34.8 Å². The minimum Gasteiger partial charge on any atom is -0.465 e. The molecule has 0 bridgehead atoms. The number of hydrogen-bond donors (Lipinski definition) is 2. The summed E-state index contributed by atoms with van der Waals surface area (Å²) in [4.78, 5) is 22.4. The first-order chi connectivity index (χ1) is 8.89. The van der Waals surface area contributed by atoms with Crippen LogP contribution < -0.4 is 11.1 Å². The SMILES string of the molecule is CC(C)(CCn1c(=O)oc2ccccc21)NC(=O)O. The van der Waals surface area contributed by atoms with Crippen molar-refractivity contribution in [3.63, 3.8) is 0 Å². The summed E-state index contributed by atoms with van der Waals surface area (Å²) in [5.74, 6) is -0.424. The van der Waals surface area contributed by atoms with Gasteiger partial charge in [-0.3, -0.25) is 4.57 Å². The van der Waals surface area contributed by atoms with E-state index in [0.29, 0.717) is 18.5 Å². The van der Waals surface area contributed by atoms with Crippen molar-refractivity contribution in [2.45, 2.75) is 32.4 Å². The van der Waals surface area contributed by atoms with Crippen molar-refractivity contribution in [3.8, 4) is 0 Å². The highest BCUT2D eigenvalue weighted by Crippen LogP contribution is 2.15. The van der Waals surface area contributed by atoms with E-state index in [1.165, 1.54) is 4.57 Å². The summed E-state index contributed by atoms with van der Waals surface area (Å²) in [6.45, 7) is 3.94. The Morgan fingerprint density at radius 2 is 2.11 bits per heavy atom. The molecular weight excluding hydrogens is 248 g/mol. The van der Waals surface area contributed by atoms with Crippen molar-refractivity contribution < 1.29 is 14.3 Å². The van der Waals surface area contributed by atoms with E-state index in [4.69, 9.17) is 9.52 Å². The number of aryl methyl sites for hydroxylation is 1. The second-order valence-electron chi connectivity index (χ2n) is 5.05. The van der Waals surface area contributed by atoms with Crippen LogP contribution in [0.25, 0.3) is 11.1 Å². The fourth-order valence-corrected chi connectivity index (χ4v) is 1.97. The standard InChI is InChI=1S/C13H16N2O4/c1-13(2,14-11(16)17)7-8-15-9-5-3-4-6-10(9)19-12(15)18/h3-6,14H,7-8H2,1-2H3,(H,16,17). The molecule has 0 fully saturated rings. The van der Waals surface area contributed by atoms with Crippen LogP contribution >= 0.6 is 0 Å². The minimum absolute atomic E-state index is 0.392. The average Bonchev–Trinajstić information content (AvgIpc) is 2.60. The number of para-hydroxylation sites is 2. The van der Waals surface area contributed by atoms with Crippen LogP contribution in [0.15, 0.2) is 33.5 Å². The van der Waals surface area contributed by atoms with E-state index < -0.39 is 17.4 Å². The van der Waals surface area contributed by atoms with Gasteiger partial charge in [0.25, 0.3) is 0 Å². The zero-order valence-corrected chi connectivity index (χ0v) is 10.8. The Labute approximate surface area is 109 Å². The van der Waals surface area contributed by atoms with Crippen molar-refractivity contribution in [1.29, 1.82) is 0 Å². The summed E-state index contributed by atoms with van der Waals surface area (Å²) >= 11 is 0. The fraction of sp³-hybridized carbons (Fsp3) is 0.385. The lowest BCUT2D eigenvalue weighted by molar-refractivity contribution is 0.179. The molecule has 1 heterocycles. The molecule has 0 atom stereocenters. The number of amides is 1. The predicted molar refractivity (Wildman–Crippen MR) is 70.3 cm³/mol. The molecule has 2 N–H and O–H groups in total. The van der Waals surface area contributed by atoms with Gasteiger partial charge in [0.1, 0.15) is 0 Å². The van der Waals surface area contributed by atoms with Gasteiger partial charge in [0.05, 0.1) is 5.52 Å². The highest BCUT2D eigenvalue weighted by atomic mass is 16.4. The molecule has 0 unspecified atom stereocenters. The van der Waals surface area contributed by atoms with Crippen LogP contribution in [0.5, 0.6) is 0 Å². The molecule has 0 radical (unpaired) electrons. The largest absolute Gasteiger partial charge is 0.465 e. The van der Waals surface area contributed by atoms with Crippen LogP contribution in [-0.4, -0.2) is 21.3 Å². The summed E-state index contributed by atoms with van der Waals surface area (Å²) in [5, 5.41) is 11.2. The number of oxazole rings is 1. The first kappa shape index (κ1) is 13.2. The van der Waals surface area contributed by atoms with Crippen LogP contribution in [0.1, 0.15) is 20.3 Å². The van der Waals surface area contributed by atoms with Crippen LogP contribution in [0, 0.1) is 0 Å². The van der Waals surface area contributed by atoms with Gasteiger partial charge in [0.15, 0.2) is 5.58 Å². The number of benzene rings is 1. The van der Waals surface area contributed by atoms with Gasteiger partial charge in [0.2, 0.25) is 0 Å². The molecule has 0 aliphatic heterocycles. The number of carbonyl (C=O) groups is 1. The summed E-state index contributed by atoms with van der Waals surface area (Å²) in [6.07, 6.45) is -0.586. The molecule has 0 aliphatic rings. The van der Waals surface area contributed by atoms with Gasteiger partial charge in [-0.05, 0) is 32.4 Å². The smallest absolute Gasteiger partial charge is 0.419 e. The maximum absolute atomic E-state index is 11.7. The first-order valence-corrected chi connectivity index (χ1v) is 5.98. The maximum Gasteiger partial charge on any atom is 0.419 e. The van der Waals surface area contributed by atoms with E-state index in [0.717, 1.165) is 5.52 Å². The number of nitrogens with zero attached hydrogens (tertiary/aromatic N) is 1. The van der Waals surface area contributed by atoms with Gasteiger partial charge in [-0.1, -0.05) is 12.1 Å². The second-order valence-corrected chi connectivity index (χ2v) is 5.05. The topological polar surface area (TPSA) is 84.5 Å². The molecule has 19 heavy (non-hydrogen) atoms. The van der Waals surface area contributed by atoms with Gasteiger partial charge in [-0.15, -0.1) is 0 Å². The molecule has 6 nitrogen and oxygen atoms in total. The van der Waals surface area contributed by atoms with E-state index in [2.05, 4.69) is 5.32 Å². The number of aromatic nitrogens is 1. The molecule has 0 spiro atoms. The van der Waals surface area contributed by atoms with Crippen molar-refractivity contribution in [2.24, 2.45) is 0 Å². The number of rotatable bonds is 4. The van der Waals surface area contributed by atoms with Crippen molar-refractivity contribution in [1.82, 2.24) is 9.88 Å². The molecular formula is C13H16N2O4. The Hall–Kier alpha value is -2.24. The molecule has 2 rings (SSSR count). The highest BCUT2D eigenvalue weighted by molar-refractivity contribution is 5.72. The third-order valence-electron chi connectivity index (χ3n) is 2.98. The van der Waals surface area contributed by atoms with Crippen LogP contribution in [0.3, 0.4) is 0 Å². The quantitative estimate of drug-likeness (QED) is 0.884. The van der Waals surface area contributed by atoms with E-state index in [-0.39, 0.29) is 0 Å². The zero-order chi connectivity index (χ0) is 14.0. The molecule has 0 aliphatic carbocycles. The van der Waals surface area contributed by atoms with Gasteiger partial charge in [-0.25, -0.2) is 9.59 Å². The lowest BCUT2D eigenvalue weighted by Gasteiger charge is -2.24. The number of carboxylic acid groups (broad SMARTS) is 1. The van der Waals surface area contributed by atoms with Gasteiger partial charge in [0, 0.05) is 12.1 Å². The molecule has 1 aromatic heterocycles. The molecule has 2 aromatic rings. The molecule has 1 amide bonds. The van der Waals surface area contributed by atoms with E-state index in [1.54, 1.807) is 32.0 Å². The summed E-state index contributed by atoms with van der Waals surface area (Å²) in [5.41, 5.74) is 0.652. The lowest BCUT2D eigenvalue weighted by Crippen LogP contribution is -2.43. The summed E-state index contributed by atoms with van der Waals surface area (Å²) < 4.78 is 6.63. The number of hydrogen-bond acceptors (Lipinski definition) is 3. The van der Waals surface area contributed by atoms with Gasteiger partial charge in [-0.2, -0.15) is 0 Å².